The third-order valence-corrected chi connectivity index (χ3v) is 4.97. The fraction of sp³-hybridized carbons (Fsp3) is 0.562. The fourth-order valence-corrected chi connectivity index (χ4v) is 3.22. The lowest BCUT2D eigenvalue weighted by Crippen LogP contribution is -2.37. The van der Waals surface area contributed by atoms with Gasteiger partial charge in [0.1, 0.15) is 0 Å². The average molecular weight is 327 g/mol. The van der Waals surface area contributed by atoms with E-state index in [1.54, 1.807) is 6.07 Å². The zero-order valence-electron chi connectivity index (χ0n) is 11.9. The maximum absolute atomic E-state index is 12.6. The van der Waals surface area contributed by atoms with E-state index in [-0.39, 0.29) is 5.91 Å². The van der Waals surface area contributed by atoms with Crippen LogP contribution in [0.15, 0.2) is 18.2 Å². The molecule has 1 N–H and O–H groups in total. The number of carbonyl (C=O) groups is 1. The van der Waals surface area contributed by atoms with Gasteiger partial charge in [0.2, 0.25) is 5.91 Å². The highest BCUT2D eigenvalue weighted by Crippen LogP contribution is 2.31. The molecule has 1 aliphatic carbocycles. The number of rotatable bonds is 5. The topological polar surface area (TPSA) is 32.3 Å². The number of benzene rings is 1. The first-order chi connectivity index (χ1) is 10.1. The van der Waals surface area contributed by atoms with Gasteiger partial charge in [0.05, 0.1) is 10.0 Å². The van der Waals surface area contributed by atoms with Crippen molar-refractivity contribution in [2.24, 2.45) is 0 Å². The third-order valence-electron chi connectivity index (χ3n) is 4.23. The van der Waals surface area contributed by atoms with E-state index in [9.17, 15) is 4.79 Å². The minimum Gasteiger partial charge on any atom is -0.335 e. The first kappa shape index (κ1) is 15.1. The molecule has 1 saturated carbocycles. The van der Waals surface area contributed by atoms with E-state index >= 15 is 0 Å². The van der Waals surface area contributed by atoms with E-state index in [1.165, 1.54) is 6.42 Å². The van der Waals surface area contributed by atoms with Crippen molar-refractivity contribution in [2.75, 3.05) is 6.54 Å². The molecule has 1 saturated heterocycles. The number of halogens is 2. The number of hydrogen-bond acceptors (Lipinski definition) is 2. The van der Waals surface area contributed by atoms with E-state index in [1.807, 2.05) is 17.0 Å². The van der Waals surface area contributed by atoms with Crippen molar-refractivity contribution >= 4 is 29.1 Å². The van der Waals surface area contributed by atoms with Crippen LogP contribution in [-0.2, 0) is 11.3 Å². The maximum Gasteiger partial charge on any atom is 0.224 e. The van der Waals surface area contributed by atoms with Gasteiger partial charge in [0, 0.05) is 25.0 Å². The van der Waals surface area contributed by atoms with Gasteiger partial charge in [-0.3, -0.25) is 4.79 Å². The molecule has 1 aromatic carbocycles. The molecule has 1 unspecified atom stereocenters. The molecule has 2 fully saturated rings. The van der Waals surface area contributed by atoms with Gasteiger partial charge < -0.3 is 10.2 Å². The van der Waals surface area contributed by atoms with Crippen LogP contribution >= 0.6 is 23.2 Å². The second-order valence-corrected chi connectivity index (χ2v) is 6.81. The molecule has 0 bridgehead atoms. The van der Waals surface area contributed by atoms with Gasteiger partial charge in [-0.05, 0) is 49.9 Å². The zero-order chi connectivity index (χ0) is 14.8. The van der Waals surface area contributed by atoms with Crippen LogP contribution in [0.1, 0.15) is 37.7 Å². The average Bonchev–Trinajstić information content (AvgIpc) is 3.17. The molecule has 0 radical (unpaired) electrons. The van der Waals surface area contributed by atoms with Gasteiger partial charge in [-0.15, -0.1) is 0 Å². The van der Waals surface area contributed by atoms with Crippen molar-refractivity contribution in [3.63, 3.8) is 0 Å². The minimum absolute atomic E-state index is 0.253. The van der Waals surface area contributed by atoms with Gasteiger partial charge in [0.25, 0.3) is 0 Å². The normalized spacial score (nSPS) is 21.5. The Morgan fingerprint density at radius 1 is 1.24 bits per heavy atom. The monoisotopic (exact) mass is 326 g/mol. The Hall–Kier alpha value is -0.770. The predicted octanol–water partition coefficient (Wildman–Crippen LogP) is 3.63. The van der Waals surface area contributed by atoms with Crippen molar-refractivity contribution < 1.29 is 4.79 Å². The van der Waals surface area contributed by atoms with Gasteiger partial charge in [0.15, 0.2) is 0 Å². The highest BCUT2D eigenvalue weighted by atomic mass is 35.5. The van der Waals surface area contributed by atoms with Gasteiger partial charge in [-0.2, -0.15) is 0 Å². The summed E-state index contributed by atoms with van der Waals surface area (Å²) in [7, 11) is 0. The van der Waals surface area contributed by atoms with Crippen LogP contribution in [0.25, 0.3) is 0 Å². The fourth-order valence-electron chi connectivity index (χ4n) is 2.90. The minimum atomic E-state index is 0.253. The third kappa shape index (κ3) is 3.91. The molecule has 3 nitrogen and oxygen atoms in total. The Bertz CT molecular complexity index is 525. The molecule has 1 aliphatic heterocycles. The number of nitrogens with one attached hydrogen (secondary N) is 1. The Kier molecular flexibility index (Phi) is 4.72. The number of hydrogen-bond donors (Lipinski definition) is 1. The second kappa shape index (κ2) is 6.55. The molecule has 5 heteroatoms. The first-order valence-corrected chi connectivity index (χ1v) is 8.36. The summed E-state index contributed by atoms with van der Waals surface area (Å²) in [4.78, 5) is 14.6. The van der Waals surface area contributed by atoms with Crippen LogP contribution in [-0.4, -0.2) is 29.4 Å². The summed E-state index contributed by atoms with van der Waals surface area (Å²) in [6.07, 6.45) is 5.12. The number of carbonyl (C=O) groups excluding carboxylic acids is 1. The lowest BCUT2D eigenvalue weighted by Gasteiger charge is -2.24. The molecule has 21 heavy (non-hydrogen) atoms. The van der Waals surface area contributed by atoms with E-state index in [2.05, 4.69) is 5.32 Å². The van der Waals surface area contributed by atoms with E-state index in [0.29, 0.717) is 35.1 Å². The predicted molar refractivity (Wildman–Crippen MR) is 85.7 cm³/mol. The zero-order valence-corrected chi connectivity index (χ0v) is 13.5. The van der Waals surface area contributed by atoms with Gasteiger partial charge in [-0.25, -0.2) is 0 Å². The Balaban J connectivity index is 1.66. The first-order valence-electron chi connectivity index (χ1n) is 7.60. The van der Waals surface area contributed by atoms with E-state index in [4.69, 9.17) is 23.2 Å². The largest absolute Gasteiger partial charge is 0.335 e. The van der Waals surface area contributed by atoms with Crippen LogP contribution in [0.3, 0.4) is 0 Å². The lowest BCUT2D eigenvalue weighted by molar-refractivity contribution is -0.132. The van der Waals surface area contributed by atoms with Crippen molar-refractivity contribution in [1.29, 1.82) is 0 Å². The molecule has 114 valence electrons. The summed E-state index contributed by atoms with van der Waals surface area (Å²) < 4.78 is 0. The lowest BCUT2D eigenvalue weighted by atomic mass is 10.1. The molecule has 1 aromatic rings. The van der Waals surface area contributed by atoms with E-state index < -0.39 is 0 Å². The smallest absolute Gasteiger partial charge is 0.224 e. The summed E-state index contributed by atoms with van der Waals surface area (Å²) >= 11 is 12.0. The Morgan fingerprint density at radius 2 is 2.05 bits per heavy atom. The van der Waals surface area contributed by atoms with Crippen LogP contribution in [0, 0.1) is 0 Å². The van der Waals surface area contributed by atoms with Crippen LogP contribution < -0.4 is 5.32 Å². The van der Waals surface area contributed by atoms with Crippen LogP contribution in [0.2, 0.25) is 10.0 Å². The van der Waals surface area contributed by atoms with Gasteiger partial charge in [-0.1, -0.05) is 29.3 Å². The summed E-state index contributed by atoms with van der Waals surface area (Å²) in [5, 5.41) is 4.50. The Morgan fingerprint density at radius 3 is 2.67 bits per heavy atom. The molecular weight excluding hydrogens is 307 g/mol. The molecule has 0 spiro atoms. The SMILES string of the molecule is O=C(CC1CCCN1)N(Cc1ccc(Cl)c(Cl)c1)C1CC1. The van der Waals surface area contributed by atoms with Crippen LogP contribution in [0.4, 0.5) is 0 Å². The molecule has 1 heterocycles. The quantitative estimate of drug-likeness (QED) is 0.896. The second-order valence-electron chi connectivity index (χ2n) is 6.00. The van der Waals surface area contributed by atoms with Crippen molar-refractivity contribution in [2.45, 2.75) is 50.7 Å². The summed E-state index contributed by atoms with van der Waals surface area (Å²) in [5.74, 6) is 0.253. The summed E-state index contributed by atoms with van der Waals surface area (Å²) in [6, 6.07) is 6.37. The molecule has 1 amide bonds. The highest BCUT2D eigenvalue weighted by Gasteiger charge is 2.33. The molecular formula is C16H20Cl2N2O. The molecule has 0 aromatic heterocycles. The molecule has 2 aliphatic rings. The van der Waals surface area contributed by atoms with Crippen LogP contribution in [0.5, 0.6) is 0 Å². The number of amides is 1. The summed E-state index contributed by atoms with van der Waals surface area (Å²) in [6.45, 7) is 1.67. The number of nitrogens with zero attached hydrogens (tertiary/aromatic N) is 1. The molecule has 1 atom stereocenters. The van der Waals surface area contributed by atoms with Crippen molar-refractivity contribution in [3.05, 3.63) is 33.8 Å². The van der Waals surface area contributed by atoms with Crippen molar-refractivity contribution in [3.8, 4) is 0 Å². The van der Waals surface area contributed by atoms with E-state index in [0.717, 1.165) is 31.4 Å². The maximum atomic E-state index is 12.6. The summed E-state index contributed by atoms with van der Waals surface area (Å²) in [5.41, 5.74) is 1.05. The Labute approximate surface area is 135 Å². The highest BCUT2D eigenvalue weighted by molar-refractivity contribution is 6.42. The van der Waals surface area contributed by atoms with Gasteiger partial charge >= 0.3 is 0 Å². The molecule has 3 rings (SSSR count). The van der Waals surface area contributed by atoms with Crippen molar-refractivity contribution in [1.82, 2.24) is 10.2 Å². The standard InChI is InChI=1S/C16H20Cl2N2O/c17-14-6-3-11(8-15(14)18)10-20(13-4-5-13)16(21)9-12-2-1-7-19-12/h3,6,8,12-13,19H,1-2,4-5,7,9-10H2.